The molecule has 0 saturated heterocycles. The van der Waals surface area contributed by atoms with Gasteiger partial charge in [0.1, 0.15) is 11.6 Å². The van der Waals surface area contributed by atoms with Gasteiger partial charge in [0.05, 0.1) is 6.61 Å². The van der Waals surface area contributed by atoms with Crippen LogP contribution < -0.4 is 31.6 Å². The molecule has 0 saturated carbocycles. The number of ether oxygens (including phenoxy) is 3. The Hall–Kier alpha value is -5.35. The van der Waals surface area contributed by atoms with Gasteiger partial charge in [-0.2, -0.15) is 8.78 Å². The van der Waals surface area contributed by atoms with Crippen LogP contribution in [0.25, 0.3) is 11.5 Å². The van der Waals surface area contributed by atoms with Gasteiger partial charge in [-0.1, -0.05) is 6.07 Å². The second-order valence-electron chi connectivity index (χ2n) is 8.99. The minimum Gasteiger partial charge on any atom is -0.490 e. The fourth-order valence-corrected chi connectivity index (χ4v) is 3.76. The van der Waals surface area contributed by atoms with E-state index >= 15 is 0 Å². The van der Waals surface area contributed by atoms with E-state index in [1.54, 1.807) is 0 Å². The summed E-state index contributed by atoms with van der Waals surface area (Å²) >= 11 is 0. The topological polar surface area (TPSA) is 198 Å². The molecule has 0 fully saturated rings. The molecule has 17 heteroatoms. The molecule has 236 valence electrons. The minimum atomic E-state index is -3.19. The average Bonchev–Trinajstić information content (AvgIpc) is 3.38. The Labute approximate surface area is 246 Å². The van der Waals surface area contributed by atoms with E-state index in [2.05, 4.69) is 15.0 Å². The maximum absolute atomic E-state index is 14.0. The molecule has 1 heterocycles. The number of nitrogens with zero attached hydrogens (tertiary/aromatic N) is 1. The third-order valence-corrected chi connectivity index (χ3v) is 5.71. The van der Waals surface area contributed by atoms with Gasteiger partial charge in [0.2, 0.25) is 11.8 Å². The molecule has 3 rings (SSSR count). The van der Waals surface area contributed by atoms with Gasteiger partial charge in [-0.25, -0.2) is 23.4 Å². The Morgan fingerprint density at radius 1 is 1.02 bits per heavy atom. The summed E-state index contributed by atoms with van der Waals surface area (Å²) < 4.78 is 74.0. The van der Waals surface area contributed by atoms with E-state index in [9.17, 15) is 36.7 Å². The van der Waals surface area contributed by atoms with Crippen LogP contribution in [0.1, 0.15) is 54.1 Å². The van der Waals surface area contributed by atoms with Crippen LogP contribution >= 0.6 is 0 Å². The Morgan fingerprint density at radius 2 is 1.77 bits per heavy atom. The van der Waals surface area contributed by atoms with E-state index in [4.69, 9.17) is 25.4 Å². The highest BCUT2D eigenvalue weighted by molar-refractivity contribution is 5.94. The number of imide groups is 1. The second-order valence-corrected chi connectivity index (χ2v) is 8.99. The molecule has 13 nitrogen and oxygen atoms in total. The fourth-order valence-electron chi connectivity index (χ4n) is 3.76. The lowest BCUT2D eigenvalue weighted by Gasteiger charge is -2.13. The normalized spacial score (nSPS) is 11.5. The zero-order valence-electron chi connectivity index (χ0n) is 23.0. The quantitative estimate of drug-likeness (QED) is 0.151. The van der Waals surface area contributed by atoms with Gasteiger partial charge in [-0.15, -0.1) is 0 Å². The lowest BCUT2D eigenvalue weighted by atomic mass is 10.2. The number of alkyl halides is 2. The van der Waals surface area contributed by atoms with Crippen molar-refractivity contribution in [3.63, 3.8) is 0 Å². The second kappa shape index (κ2) is 15.2. The number of unbranched alkanes of at least 4 members (excludes halogenated alkanes) is 1. The van der Waals surface area contributed by atoms with Crippen LogP contribution in [0.15, 0.2) is 40.8 Å². The van der Waals surface area contributed by atoms with Crippen LogP contribution in [0.5, 0.6) is 11.5 Å². The highest BCUT2D eigenvalue weighted by Crippen LogP contribution is 2.35. The summed E-state index contributed by atoms with van der Waals surface area (Å²) in [5, 5.41) is 4.32. The van der Waals surface area contributed by atoms with Crippen molar-refractivity contribution in [3.05, 3.63) is 65.1 Å². The summed E-state index contributed by atoms with van der Waals surface area (Å²) in [6.45, 7) is -2.27. The maximum atomic E-state index is 14.0. The van der Waals surface area contributed by atoms with E-state index in [0.717, 1.165) is 18.2 Å². The van der Waals surface area contributed by atoms with Crippen LogP contribution in [-0.2, 0) is 16.1 Å². The number of nitrogens with one attached hydrogen (secondary N) is 2. The van der Waals surface area contributed by atoms with Crippen molar-refractivity contribution in [2.45, 2.75) is 45.4 Å². The lowest BCUT2D eigenvalue weighted by molar-refractivity contribution is -0.120. The van der Waals surface area contributed by atoms with Crippen LogP contribution in [0.3, 0.4) is 0 Å². The first-order chi connectivity index (χ1) is 20.8. The van der Waals surface area contributed by atoms with Gasteiger partial charge in [0.25, 0.3) is 5.91 Å². The summed E-state index contributed by atoms with van der Waals surface area (Å²) in [5.41, 5.74) is 9.68. The van der Waals surface area contributed by atoms with E-state index < -0.39 is 48.3 Å². The smallest absolute Gasteiger partial charge is 0.405 e. The third-order valence-electron chi connectivity index (χ3n) is 5.71. The summed E-state index contributed by atoms with van der Waals surface area (Å²) in [6.07, 6.45) is -1.91. The van der Waals surface area contributed by atoms with Crippen LogP contribution in [0.4, 0.5) is 27.2 Å². The Kier molecular flexibility index (Phi) is 11.5. The Balaban J connectivity index is 1.85. The molecule has 1 atom stereocenters. The van der Waals surface area contributed by atoms with Crippen LogP contribution in [0, 0.1) is 11.6 Å². The van der Waals surface area contributed by atoms with Crippen LogP contribution in [0.2, 0.25) is 0 Å². The Bertz CT molecular complexity index is 1520. The molecule has 1 unspecified atom stereocenters. The van der Waals surface area contributed by atoms with Crippen molar-refractivity contribution in [2.24, 2.45) is 11.5 Å². The van der Waals surface area contributed by atoms with Crippen molar-refractivity contribution in [1.29, 1.82) is 0 Å². The zero-order chi connectivity index (χ0) is 32.4. The number of urea groups is 1. The number of halogens is 4. The third kappa shape index (κ3) is 9.60. The van der Waals surface area contributed by atoms with E-state index in [-0.39, 0.29) is 72.4 Å². The van der Waals surface area contributed by atoms with Crippen molar-refractivity contribution >= 4 is 23.9 Å². The van der Waals surface area contributed by atoms with E-state index in [0.29, 0.717) is 6.07 Å². The van der Waals surface area contributed by atoms with Gasteiger partial charge in [0.15, 0.2) is 29.1 Å². The molecule has 0 radical (unpaired) electrons. The van der Waals surface area contributed by atoms with Gasteiger partial charge in [0, 0.05) is 30.2 Å². The number of hydrogen-bond acceptors (Lipinski definition) is 9. The highest BCUT2D eigenvalue weighted by atomic mass is 19.3. The van der Waals surface area contributed by atoms with Crippen LogP contribution in [-0.4, -0.2) is 42.1 Å². The number of rotatable bonds is 14. The van der Waals surface area contributed by atoms with Crippen molar-refractivity contribution in [3.8, 4) is 23.0 Å². The predicted molar refractivity (Wildman–Crippen MR) is 142 cm³/mol. The molecular weight excluding hydrogens is 598 g/mol. The number of primary amides is 2. The van der Waals surface area contributed by atoms with Gasteiger partial charge >= 0.3 is 18.7 Å². The van der Waals surface area contributed by atoms with Gasteiger partial charge in [-0.3, -0.25) is 14.9 Å². The van der Waals surface area contributed by atoms with Crippen molar-refractivity contribution in [2.75, 3.05) is 6.61 Å². The molecule has 0 aliphatic carbocycles. The maximum Gasteiger partial charge on any atom is 0.405 e. The Morgan fingerprint density at radius 3 is 2.43 bits per heavy atom. The first-order valence-electron chi connectivity index (χ1n) is 12.8. The minimum absolute atomic E-state index is 0.0311. The molecule has 44 heavy (non-hydrogen) atoms. The average molecular weight is 626 g/mol. The number of carbonyl (C=O) groups excluding carboxylic acids is 4. The number of amides is 5. The monoisotopic (exact) mass is 625 g/mol. The van der Waals surface area contributed by atoms with E-state index in [1.165, 1.54) is 19.1 Å². The molecule has 1 aromatic heterocycles. The van der Waals surface area contributed by atoms with Gasteiger partial charge in [-0.05, 0) is 44.0 Å². The van der Waals surface area contributed by atoms with Crippen molar-refractivity contribution in [1.82, 2.24) is 15.6 Å². The standard InChI is InChI=1S/C27H27F4N5O8/c1-13(42-27(33)40)22-21(23(38)34-12-15-5-7-16(28)11-17(15)29)36-24(44-22)14-6-8-18(43-25(30)31)19(10-14)41-9-3-2-4-20(37)35-26(32)39/h5-8,10-11,13,25H,2-4,9,12H2,1H3,(H2,33,40)(H,34,38)(H3,32,35,37,39). The van der Waals surface area contributed by atoms with Gasteiger partial charge < -0.3 is 35.4 Å². The summed E-state index contributed by atoms with van der Waals surface area (Å²) in [4.78, 5) is 50.8. The first-order valence-corrected chi connectivity index (χ1v) is 12.8. The summed E-state index contributed by atoms with van der Waals surface area (Å²) in [6, 6.07) is 5.46. The number of hydrogen-bond donors (Lipinski definition) is 4. The largest absolute Gasteiger partial charge is 0.490 e. The zero-order valence-corrected chi connectivity index (χ0v) is 23.0. The number of oxazole rings is 1. The molecular formula is C27H27F4N5O8. The number of aromatic nitrogens is 1. The van der Waals surface area contributed by atoms with E-state index in [1.807, 2.05) is 5.32 Å². The molecule has 0 aliphatic rings. The summed E-state index contributed by atoms with van der Waals surface area (Å²) in [5.74, 6) is -4.17. The molecule has 6 N–H and O–H groups in total. The lowest BCUT2D eigenvalue weighted by Crippen LogP contribution is -2.34. The molecule has 5 amide bonds. The molecule has 0 aliphatic heterocycles. The molecule has 0 spiro atoms. The highest BCUT2D eigenvalue weighted by Gasteiger charge is 2.28. The van der Waals surface area contributed by atoms with Crippen molar-refractivity contribution < 1.29 is 55.4 Å². The number of carbonyl (C=O) groups is 4. The first kappa shape index (κ1) is 33.2. The number of nitrogens with two attached hydrogens (primary N) is 2. The fraction of sp³-hybridized carbons (Fsp3) is 0.296. The molecule has 3 aromatic rings. The molecule has 2 aromatic carbocycles. The predicted octanol–water partition coefficient (Wildman–Crippen LogP) is 4.05. The summed E-state index contributed by atoms with van der Waals surface area (Å²) in [7, 11) is 0. The number of benzene rings is 2. The molecule has 0 bridgehead atoms. The SMILES string of the molecule is CC(OC(N)=O)c1oc(-c2ccc(OC(F)F)c(OCCCCC(=O)NC(N)=O)c2)nc1C(=O)NCc1ccc(F)cc1F.